The lowest BCUT2D eigenvalue weighted by atomic mass is 9.76. The summed E-state index contributed by atoms with van der Waals surface area (Å²) < 4.78 is 0. The number of anilines is 2. The number of nitrogens with zero attached hydrogens (tertiary/aromatic N) is 1. The average molecular weight is 455 g/mol. The summed E-state index contributed by atoms with van der Waals surface area (Å²) in [6, 6.07) is 19.5. The molecule has 170 valence electrons. The van der Waals surface area contributed by atoms with Crippen LogP contribution in [-0.4, -0.2) is 34.8 Å². The van der Waals surface area contributed by atoms with E-state index in [2.05, 4.69) is 10.6 Å². The maximum Gasteiger partial charge on any atom is 0.303 e. The van der Waals surface area contributed by atoms with Crippen LogP contribution in [0.25, 0.3) is 10.8 Å². The van der Waals surface area contributed by atoms with E-state index in [0.29, 0.717) is 16.9 Å². The van der Waals surface area contributed by atoms with Crippen LogP contribution in [0, 0.1) is 11.8 Å². The first kappa shape index (κ1) is 20.6. The van der Waals surface area contributed by atoms with Gasteiger partial charge in [-0.2, -0.15) is 0 Å². The van der Waals surface area contributed by atoms with E-state index in [0.717, 1.165) is 10.8 Å². The van der Waals surface area contributed by atoms with E-state index in [-0.39, 0.29) is 12.8 Å². The van der Waals surface area contributed by atoms with Gasteiger partial charge < -0.3 is 10.4 Å². The SMILES string of the molecule is O=C(O)CC[C@@H]1N[C@]2(C(=O)Nc3ccccc32)[C@@H]2C(=O)N(c3ccc4ccccc4c3)C(=O)[C@H]12. The van der Waals surface area contributed by atoms with Crippen LogP contribution in [0.2, 0.25) is 0 Å². The maximum atomic E-state index is 13.9. The van der Waals surface area contributed by atoms with Crippen LogP contribution >= 0.6 is 0 Å². The Morgan fingerprint density at radius 2 is 1.68 bits per heavy atom. The normalized spacial score (nSPS) is 27.4. The van der Waals surface area contributed by atoms with Crippen molar-refractivity contribution >= 4 is 45.8 Å². The Hall–Kier alpha value is -4.04. The van der Waals surface area contributed by atoms with Crippen molar-refractivity contribution in [2.24, 2.45) is 11.8 Å². The molecule has 4 atom stereocenters. The van der Waals surface area contributed by atoms with Gasteiger partial charge in [-0.3, -0.25) is 24.5 Å². The summed E-state index contributed by atoms with van der Waals surface area (Å²) in [4.78, 5) is 53.5. The van der Waals surface area contributed by atoms with Crippen LogP contribution in [0.3, 0.4) is 0 Å². The highest BCUT2D eigenvalue weighted by molar-refractivity contribution is 6.26. The molecule has 3 aromatic rings. The number of carbonyl (C=O) groups excluding carboxylic acids is 3. The summed E-state index contributed by atoms with van der Waals surface area (Å²) in [6.07, 6.45) is -0.0596. The van der Waals surface area contributed by atoms with Gasteiger partial charge in [-0.15, -0.1) is 0 Å². The van der Waals surface area contributed by atoms with E-state index in [9.17, 15) is 24.3 Å². The summed E-state index contributed by atoms with van der Waals surface area (Å²) in [7, 11) is 0. The highest BCUT2D eigenvalue weighted by Crippen LogP contribution is 2.54. The Morgan fingerprint density at radius 1 is 0.941 bits per heavy atom. The fourth-order valence-corrected chi connectivity index (χ4v) is 5.86. The average Bonchev–Trinajstić information content (AvgIpc) is 3.42. The third-order valence-electron chi connectivity index (χ3n) is 7.28. The van der Waals surface area contributed by atoms with E-state index in [1.165, 1.54) is 4.90 Å². The second-order valence-corrected chi connectivity index (χ2v) is 9.04. The number of carbonyl (C=O) groups is 4. The quantitative estimate of drug-likeness (QED) is 0.521. The number of rotatable bonds is 4. The first-order valence-electron chi connectivity index (χ1n) is 11.2. The summed E-state index contributed by atoms with van der Waals surface area (Å²) in [5.41, 5.74) is 0.210. The van der Waals surface area contributed by atoms with E-state index in [1.807, 2.05) is 30.3 Å². The van der Waals surface area contributed by atoms with Crippen LogP contribution < -0.4 is 15.5 Å². The third-order valence-corrected chi connectivity index (χ3v) is 7.28. The summed E-state index contributed by atoms with van der Waals surface area (Å²) in [6.45, 7) is 0. The van der Waals surface area contributed by atoms with Crippen molar-refractivity contribution in [3.8, 4) is 0 Å². The van der Waals surface area contributed by atoms with Crippen molar-refractivity contribution in [2.45, 2.75) is 24.4 Å². The van der Waals surface area contributed by atoms with Crippen molar-refractivity contribution in [1.82, 2.24) is 5.32 Å². The van der Waals surface area contributed by atoms with Gasteiger partial charge in [0.2, 0.25) is 17.7 Å². The Balaban J connectivity index is 1.48. The van der Waals surface area contributed by atoms with Gasteiger partial charge in [0.05, 0.1) is 17.5 Å². The van der Waals surface area contributed by atoms with Crippen molar-refractivity contribution in [3.05, 3.63) is 72.3 Å². The maximum absolute atomic E-state index is 13.9. The lowest BCUT2D eigenvalue weighted by Crippen LogP contribution is -2.53. The van der Waals surface area contributed by atoms with Gasteiger partial charge in [0.15, 0.2) is 0 Å². The van der Waals surface area contributed by atoms with Crippen molar-refractivity contribution in [1.29, 1.82) is 0 Å². The molecule has 6 rings (SSSR count). The van der Waals surface area contributed by atoms with Crippen LogP contribution in [-0.2, 0) is 24.7 Å². The number of hydrogen-bond acceptors (Lipinski definition) is 5. The van der Waals surface area contributed by atoms with Gasteiger partial charge in [0.1, 0.15) is 5.54 Å². The van der Waals surface area contributed by atoms with E-state index in [1.54, 1.807) is 36.4 Å². The minimum absolute atomic E-state index is 0.123. The number of aliphatic carboxylic acids is 1. The minimum Gasteiger partial charge on any atom is -0.481 e. The second kappa shape index (κ2) is 7.23. The lowest BCUT2D eigenvalue weighted by molar-refractivity contribution is -0.137. The molecule has 3 N–H and O–H groups in total. The zero-order chi connectivity index (χ0) is 23.6. The fourth-order valence-electron chi connectivity index (χ4n) is 5.86. The number of carboxylic acids is 1. The molecule has 0 aliphatic carbocycles. The third kappa shape index (κ3) is 2.69. The molecule has 3 aliphatic rings. The smallest absolute Gasteiger partial charge is 0.303 e. The Bertz CT molecular complexity index is 1400. The van der Waals surface area contributed by atoms with Crippen molar-refractivity contribution < 1.29 is 24.3 Å². The zero-order valence-corrected chi connectivity index (χ0v) is 18.0. The summed E-state index contributed by atoms with van der Waals surface area (Å²) in [5.74, 6) is -4.10. The predicted molar refractivity (Wildman–Crippen MR) is 124 cm³/mol. The van der Waals surface area contributed by atoms with Gasteiger partial charge >= 0.3 is 5.97 Å². The highest BCUT2D eigenvalue weighted by atomic mass is 16.4. The number of amides is 3. The first-order valence-corrected chi connectivity index (χ1v) is 11.2. The molecule has 3 amide bonds. The molecule has 3 aromatic carbocycles. The molecule has 0 aromatic heterocycles. The fraction of sp³-hybridized carbons (Fsp3) is 0.231. The Kier molecular flexibility index (Phi) is 4.37. The molecular weight excluding hydrogens is 434 g/mol. The topological polar surface area (TPSA) is 116 Å². The Labute approximate surface area is 194 Å². The monoisotopic (exact) mass is 455 g/mol. The number of nitrogens with one attached hydrogen (secondary N) is 2. The van der Waals surface area contributed by atoms with Crippen LogP contribution in [0.15, 0.2) is 66.7 Å². The molecule has 0 radical (unpaired) electrons. The molecule has 2 fully saturated rings. The molecule has 1 spiro atoms. The molecule has 2 saturated heterocycles. The van der Waals surface area contributed by atoms with E-state index < -0.39 is 47.1 Å². The van der Waals surface area contributed by atoms with Gasteiger partial charge in [-0.25, -0.2) is 4.90 Å². The number of benzene rings is 3. The first-order chi connectivity index (χ1) is 16.4. The van der Waals surface area contributed by atoms with Crippen molar-refractivity contribution in [3.63, 3.8) is 0 Å². The van der Waals surface area contributed by atoms with Crippen LogP contribution in [0.5, 0.6) is 0 Å². The minimum atomic E-state index is -1.43. The van der Waals surface area contributed by atoms with Crippen LogP contribution in [0.4, 0.5) is 11.4 Å². The molecule has 3 aliphatic heterocycles. The number of imide groups is 1. The molecule has 0 unspecified atom stereocenters. The second-order valence-electron chi connectivity index (χ2n) is 9.04. The van der Waals surface area contributed by atoms with Gasteiger partial charge in [0.25, 0.3) is 0 Å². The molecule has 0 saturated carbocycles. The van der Waals surface area contributed by atoms with Gasteiger partial charge in [-0.05, 0) is 35.4 Å². The molecule has 8 heteroatoms. The van der Waals surface area contributed by atoms with Crippen LogP contribution in [0.1, 0.15) is 18.4 Å². The molecule has 3 heterocycles. The number of fused-ring (bicyclic) bond motifs is 5. The van der Waals surface area contributed by atoms with E-state index >= 15 is 0 Å². The number of hydrogen-bond donors (Lipinski definition) is 3. The Morgan fingerprint density at radius 3 is 2.47 bits per heavy atom. The largest absolute Gasteiger partial charge is 0.481 e. The molecular formula is C26H21N3O5. The molecule has 0 bridgehead atoms. The molecule has 34 heavy (non-hydrogen) atoms. The highest BCUT2D eigenvalue weighted by Gasteiger charge is 2.70. The van der Waals surface area contributed by atoms with Crippen molar-refractivity contribution in [2.75, 3.05) is 10.2 Å². The molecule has 8 nitrogen and oxygen atoms in total. The predicted octanol–water partition coefficient (Wildman–Crippen LogP) is 2.63. The van der Waals surface area contributed by atoms with Gasteiger partial charge in [0, 0.05) is 23.7 Å². The number of carboxylic acid groups (broad SMARTS) is 1. The summed E-state index contributed by atoms with van der Waals surface area (Å²) in [5, 5.41) is 17.2. The van der Waals surface area contributed by atoms with Gasteiger partial charge in [-0.1, -0.05) is 48.5 Å². The summed E-state index contributed by atoms with van der Waals surface area (Å²) >= 11 is 0. The number of para-hydroxylation sites is 1. The van der Waals surface area contributed by atoms with E-state index in [4.69, 9.17) is 0 Å². The standard InChI is InChI=1S/C26H21N3O5/c30-20(31)12-11-19-21-22(26(28-19)17-7-3-4-8-18(17)27-25(26)34)24(33)29(23(21)32)16-10-9-14-5-1-2-6-15(14)13-16/h1-10,13,19,21-22,28H,11-12H2,(H,27,34)(H,30,31)/t19-,21+,22-,26-/m0/s1. The lowest BCUT2D eigenvalue weighted by Gasteiger charge is -2.29. The zero-order valence-electron chi connectivity index (χ0n) is 18.0.